The molecule has 2 fully saturated rings. The number of aromatic nitrogens is 2. The second kappa shape index (κ2) is 6.83. The maximum Gasteiger partial charge on any atom is 0.279 e. The second-order valence-corrected chi connectivity index (χ2v) is 7.73. The Balaban J connectivity index is 1.30. The van der Waals surface area contributed by atoms with Crippen LogP contribution >= 0.6 is 0 Å². The highest BCUT2D eigenvalue weighted by Crippen LogP contribution is 2.34. The lowest BCUT2D eigenvalue weighted by atomic mass is 10.0. The van der Waals surface area contributed by atoms with Crippen molar-refractivity contribution in [2.75, 3.05) is 36.1 Å². The van der Waals surface area contributed by atoms with Crippen molar-refractivity contribution in [3.63, 3.8) is 0 Å². The van der Waals surface area contributed by atoms with Crippen LogP contribution in [-0.4, -0.2) is 54.2 Å². The molecule has 4 heterocycles. The third-order valence-corrected chi connectivity index (χ3v) is 5.96. The van der Waals surface area contributed by atoms with Crippen molar-refractivity contribution >= 4 is 17.4 Å². The van der Waals surface area contributed by atoms with Gasteiger partial charge in [-0.25, -0.2) is 0 Å². The van der Waals surface area contributed by atoms with Gasteiger partial charge < -0.3 is 19.3 Å². The van der Waals surface area contributed by atoms with Gasteiger partial charge in [-0.2, -0.15) is 0 Å². The van der Waals surface area contributed by atoms with E-state index >= 15 is 0 Å². The summed E-state index contributed by atoms with van der Waals surface area (Å²) in [6.07, 6.45) is 2.50. The van der Waals surface area contributed by atoms with Crippen molar-refractivity contribution in [3.8, 4) is 0 Å². The van der Waals surface area contributed by atoms with E-state index in [1.807, 2.05) is 29.2 Å². The van der Waals surface area contributed by atoms with Crippen molar-refractivity contribution < 1.29 is 14.3 Å². The minimum Gasteiger partial charge on any atom is -0.355 e. The van der Waals surface area contributed by atoms with E-state index in [-0.39, 0.29) is 11.9 Å². The van der Waals surface area contributed by atoms with Crippen LogP contribution in [0.2, 0.25) is 0 Å². The first-order chi connectivity index (χ1) is 13.7. The molecule has 7 nitrogen and oxygen atoms in total. The van der Waals surface area contributed by atoms with Crippen LogP contribution in [-0.2, 0) is 15.9 Å². The molecule has 0 saturated carbocycles. The number of carbonyl (C=O) groups is 1. The summed E-state index contributed by atoms with van der Waals surface area (Å²) in [5.74, 6) is 0.292. The molecule has 0 bridgehead atoms. The average molecular weight is 380 g/mol. The van der Waals surface area contributed by atoms with Crippen LogP contribution in [0.4, 0.5) is 11.5 Å². The standard InChI is InChI=1S/C21H24N4O3/c1-15-14-16-4-2-3-5-18(16)25(15)20(26)17-6-7-19(23-22-17)24-10-8-21(9-11-24)27-12-13-28-21/h2-7,15H,8-14H2,1H3. The summed E-state index contributed by atoms with van der Waals surface area (Å²) >= 11 is 0. The Kier molecular flexibility index (Phi) is 4.29. The number of nitrogens with zero attached hydrogens (tertiary/aromatic N) is 4. The quantitative estimate of drug-likeness (QED) is 0.797. The van der Waals surface area contributed by atoms with Gasteiger partial charge >= 0.3 is 0 Å². The van der Waals surface area contributed by atoms with Crippen LogP contribution in [0.3, 0.4) is 0 Å². The summed E-state index contributed by atoms with van der Waals surface area (Å²) in [6.45, 7) is 5.02. The largest absolute Gasteiger partial charge is 0.355 e. The monoisotopic (exact) mass is 380 g/mol. The number of hydrogen-bond acceptors (Lipinski definition) is 6. The molecule has 1 aromatic heterocycles. The summed E-state index contributed by atoms with van der Waals surface area (Å²) in [4.78, 5) is 17.1. The predicted octanol–water partition coefficient (Wildman–Crippen LogP) is 2.41. The molecule has 0 aliphatic carbocycles. The molecule has 5 rings (SSSR count). The Labute approximate surface area is 164 Å². The summed E-state index contributed by atoms with van der Waals surface area (Å²) in [5, 5.41) is 8.59. The number of amides is 1. The van der Waals surface area contributed by atoms with E-state index in [0.717, 1.165) is 43.9 Å². The van der Waals surface area contributed by atoms with Crippen molar-refractivity contribution in [1.82, 2.24) is 10.2 Å². The molecule has 0 radical (unpaired) electrons. The van der Waals surface area contributed by atoms with E-state index in [1.54, 1.807) is 6.07 Å². The molecule has 2 saturated heterocycles. The maximum atomic E-state index is 13.1. The molecule has 146 valence electrons. The fourth-order valence-corrected chi connectivity index (χ4v) is 4.47. The van der Waals surface area contributed by atoms with Crippen LogP contribution in [0, 0.1) is 0 Å². The molecule has 1 amide bonds. The smallest absolute Gasteiger partial charge is 0.279 e. The number of piperidine rings is 1. The highest BCUT2D eigenvalue weighted by Gasteiger charge is 2.40. The third-order valence-electron chi connectivity index (χ3n) is 5.96. The number of carbonyl (C=O) groups excluding carboxylic acids is 1. The van der Waals surface area contributed by atoms with Crippen LogP contribution in [0.25, 0.3) is 0 Å². The topological polar surface area (TPSA) is 67.8 Å². The van der Waals surface area contributed by atoms with Crippen molar-refractivity contribution in [2.24, 2.45) is 0 Å². The first kappa shape index (κ1) is 17.6. The van der Waals surface area contributed by atoms with E-state index < -0.39 is 5.79 Å². The highest BCUT2D eigenvalue weighted by atomic mass is 16.7. The molecule has 2 aromatic rings. The van der Waals surface area contributed by atoms with Gasteiger partial charge in [0, 0.05) is 37.7 Å². The lowest BCUT2D eigenvalue weighted by Gasteiger charge is -2.37. The van der Waals surface area contributed by atoms with Crippen LogP contribution in [0.1, 0.15) is 35.8 Å². The molecule has 7 heteroatoms. The number of fused-ring (bicyclic) bond motifs is 1. The number of para-hydroxylation sites is 1. The van der Waals surface area contributed by atoms with Crippen molar-refractivity contribution in [1.29, 1.82) is 0 Å². The van der Waals surface area contributed by atoms with Gasteiger partial charge in [-0.05, 0) is 37.1 Å². The van der Waals surface area contributed by atoms with E-state index in [2.05, 4.69) is 28.1 Å². The molecule has 1 spiro atoms. The van der Waals surface area contributed by atoms with Gasteiger partial charge in [0.1, 0.15) is 0 Å². The molecule has 28 heavy (non-hydrogen) atoms. The van der Waals surface area contributed by atoms with Crippen molar-refractivity contribution in [2.45, 2.75) is 38.0 Å². The summed E-state index contributed by atoms with van der Waals surface area (Å²) in [5.41, 5.74) is 2.55. The third kappa shape index (κ3) is 2.95. The Hall–Kier alpha value is -2.51. The molecule has 3 aliphatic heterocycles. The normalized spacial score (nSPS) is 23.2. The minimum absolute atomic E-state index is 0.0955. The Morgan fingerprint density at radius 3 is 2.54 bits per heavy atom. The van der Waals surface area contributed by atoms with Gasteiger partial charge in [0.15, 0.2) is 17.3 Å². The van der Waals surface area contributed by atoms with E-state index in [0.29, 0.717) is 18.9 Å². The maximum absolute atomic E-state index is 13.1. The van der Waals surface area contributed by atoms with E-state index in [9.17, 15) is 4.79 Å². The average Bonchev–Trinajstić information content (AvgIpc) is 3.32. The molecule has 1 aromatic carbocycles. The Morgan fingerprint density at radius 2 is 1.82 bits per heavy atom. The zero-order valence-corrected chi connectivity index (χ0v) is 16.0. The molecule has 1 atom stereocenters. The first-order valence-electron chi connectivity index (χ1n) is 9.93. The number of ether oxygens (including phenoxy) is 2. The summed E-state index contributed by atoms with van der Waals surface area (Å²) in [6, 6.07) is 11.8. The van der Waals surface area contributed by atoms with Gasteiger partial charge in [-0.3, -0.25) is 4.79 Å². The van der Waals surface area contributed by atoms with Gasteiger partial charge in [-0.15, -0.1) is 10.2 Å². The number of benzene rings is 1. The van der Waals surface area contributed by atoms with Crippen molar-refractivity contribution in [3.05, 3.63) is 47.7 Å². The number of anilines is 2. The molecular weight excluding hydrogens is 356 g/mol. The minimum atomic E-state index is -0.404. The van der Waals surface area contributed by atoms with E-state index in [4.69, 9.17) is 9.47 Å². The lowest BCUT2D eigenvalue weighted by molar-refractivity contribution is -0.169. The summed E-state index contributed by atoms with van der Waals surface area (Å²) in [7, 11) is 0. The second-order valence-electron chi connectivity index (χ2n) is 7.73. The highest BCUT2D eigenvalue weighted by molar-refractivity contribution is 6.06. The first-order valence-corrected chi connectivity index (χ1v) is 9.93. The molecule has 3 aliphatic rings. The Bertz CT molecular complexity index is 869. The lowest BCUT2D eigenvalue weighted by Crippen LogP contribution is -2.45. The zero-order chi connectivity index (χ0) is 19.1. The van der Waals surface area contributed by atoms with Gasteiger partial charge in [0.2, 0.25) is 0 Å². The number of hydrogen-bond donors (Lipinski definition) is 0. The predicted molar refractivity (Wildman–Crippen MR) is 105 cm³/mol. The van der Waals surface area contributed by atoms with Gasteiger partial charge in [-0.1, -0.05) is 18.2 Å². The van der Waals surface area contributed by atoms with Crippen LogP contribution in [0.5, 0.6) is 0 Å². The fourth-order valence-electron chi connectivity index (χ4n) is 4.47. The number of rotatable bonds is 2. The van der Waals surface area contributed by atoms with E-state index in [1.165, 1.54) is 5.56 Å². The van der Waals surface area contributed by atoms with Crippen LogP contribution < -0.4 is 9.80 Å². The van der Waals surface area contributed by atoms with Gasteiger partial charge in [0.25, 0.3) is 5.91 Å². The SMILES string of the molecule is CC1Cc2ccccc2N1C(=O)c1ccc(N2CCC3(CC2)OCCO3)nn1. The molecular formula is C21H24N4O3. The van der Waals surface area contributed by atoms with Crippen LogP contribution in [0.15, 0.2) is 36.4 Å². The van der Waals surface area contributed by atoms with Gasteiger partial charge in [0.05, 0.1) is 13.2 Å². The fraction of sp³-hybridized carbons (Fsp3) is 0.476. The summed E-state index contributed by atoms with van der Waals surface area (Å²) < 4.78 is 11.6. The Morgan fingerprint density at radius 1 is 1.07 bits per heavy atom. The molecule has 1 unspecified atom stereocenters. The molecule has 0 N–H and O–H groups in total. The zero-order valence-electron chi connectivity index (χ0n) is 16.0.